The summed E-state index contributed by atoms with van der Waals surface area (Å²) in [7, 11) is 1.13. The van der Waals surface area contributed by atoms with Gasteiger partial charge in [-0.25, -0.2) is 13.1 Å². The number of nitrogens with zero attached hydrogens (tertiary/aromatic N) is 1. The minimum atomic E-state index is -3.64. The van der Waals surface area contributed by atoms with E-state index in [1.807, 2.05) is 0 Å². The van der Waals surface area contributed by atoms with Crippen molar-refractivity contribution in [2.24, 2.45) is 0 Å². The summed E-state index contributed by atoms with van der Waals surface area (Å²) in [6, 6.07) is 0. The van der Waals surface area contributed by atoms with E-state index in [1.165, 1.54) is 14.2 Å². The van der Waals surface area contributed by atoms with E-state index in [0.717, 1.165) is 0 Å². The highest BCUT2D eigenvalue weighted by molar-refractivity contribution is 7.89. The smallest absolute Gasteiger partial charge is 0.244 e. The van der Waals surface area contributed by atoms with Gasteiger partial charge >= 0.3 is 0 Å². The fraction of sp³-hybridized carbons (Fsp3) is 0.727. The van der Waals surface area contributed by atoms with Crippen molar-refractivity contribution in [3.05, 3.63) is 11.4 Å². The number of hydrogen-bond donors (Lipinski definition) is 3. The lowest BCUT2D eigenvalue weighted by molar-refractivity contribution is 0.0320. The van der Waals surface area contributed by atoms with Crippen LogP contribution < -0.4 is 10.0 Å². The SMILES string of the molecule is CNCc1n[nH]c(C)c1S(=O)(=O)NCC(COC)OC. The normalized spacial score (nSPS) is 13.6. The predicted molar refractivity (Wildman–Crippen MR) is 73.9 cm³/mol. The van der Waals surface area contributed by atoms with Gasteiger partial charge < -0.3 is 14.8 Å². The zero-order valence-corrected chi connectivity index (χ0v) is 13.0. The minimum absolute atomic E-state index is 0.135. The van der Waals surface area contributed by atoms with Gasteiger partial charge in [-0.15, -0.1) is 0 Å². The maximum Gasteiger partial charge on any atom is 0.244 e. The van der Waals surface area contributed by atoms with Crippen molar-refractivity contribution in [3.8, 4) is 0 Å². The van der Waals surface area contributed by atoms with Crippen molar-refractivity contribution in [3.63, 3.8) is 0 Å². The first-order valence-corrected chi connectivity index (χ1v) is 7.64. The number of hydrogen-bond acceptors (Lipinski definition) is 6. The van der Waals surface area contributed by atoms with E-state index < -0.39 is 10.0 Å². The van der Waals surface area contributed by atoms with E-state index in [0.29, 0.717) is 24.5 Å². The summed E-state index contributed by atoms with van der Waals surface area (Å²) >= 11 is 0. The van der Waals surface area contributed by atoms with E-state index in [-0.39, 0.29) is 17.5 Å². The minimum Gasteiger partial charge on any atom is -0.382 e. The quantitative estimate of drug-likeness (QED) is 0.561. The molecule has 0 radical (unpaired) electrons. The molecule has 1 aromatic heterocycles. The topological polar surface area (TPSA) is 105 Å². The standard InChI is InChI=1S/C11H22N4O4S/c1-8-11(10(6-12-2)15-14-8)20(16,17)13-5-9(19-4)7-18-3/h9,12-13H,5-7H2,1-4H3,(H,14,15). The van der Waals surface area contributed by atoms with Crippen LogP contribution in [0, 0.1) is 6.92 Å². The number of aromatic amines is 1. The van der Waals surface area contributed by atoms with Crippen LogP contribution in [0.15, 0.2) is 4.90 Å². The van der Waals surface area contributed by atoms with Crippen LogP contribution in [0.2, 0.25) is 0 Å². The maximum absolute atomic E-state index is 12.3. The molecule has 1 heterocycles. The molecule has 0 aliphatic carbocycles. The maximum atomic E-state index is 12.3. The molecule has 3 N–H and O–H groups in total. The zero-order valence-electron chi connectivity index (χ0n) is 12.2. The lowest BCUT2D eigenvalue weighted by Gasteiger charge is -2.15. The molecule has 1 unspecified atom stereocenters. The Balaban J connectivity index is 2.85. The van der Waals surface area contributed by atoms with Crippen LogP contribution in [-0.2, 0) is 26.0 Å². The molecule has 0 saturated heterocycles. The van der Waals surface area contributed by atoms with E-state index >= 15 is 0 Å². The number of ether oxygens (including phenoxy) is 2. The summed E-state index contributed by atoms with van der Waals surface area (Å²) in [5.74, 6) is 0. The highest BCUT2D eigenvalue weighted by atomic mass is 32.2. The molecule has 8 nitrogen and oxygen atoms in total. The highest BCUT2D eigenvalue weighted by Gasteiger charge is 2.24. The Labute approximate surface area is 119 Å². The van der Waals surface area contributed by atoms with Gasteiger partial charge in [-0.2, -0.15) is 5.10 Å². The summed E-state index contributed by atoms with van der Waals surface area (Å²) in [4.78, 5) is 0.180. The van der Waals surface area contributed by atoms with Crippen molar-refractivity contribution < 1.29 is 17.9 Å². The van der Waals surface area contributed by atoms with Crippen LogP contribution in [-0.4, -0.2) is 59.1 Å². The Morgan fingerprint density at radius 3 is 2.65 bits per heavy atom. The van der Waals surface area contributed by atoms with E-state index in [2.05, 4.69) is 20.2 Å². The molecule has 0 saturated carbocycles. The monoisotopic (exact) mass is 306 g/mol. The van der Waals surface area contributed by atoms with E-state index in [1.54, 1.807) is 14.0 Å². The fourth-order valence-corrected chi connectivity index (χ4v) is 3.21. The van der Waals surface area contributed by atoms with Crippen molar-refractivity contribution in [1.82, 2.24) is 20.2 Å². The number of H-pyrrole nitrogens is 1. The Bertz CT molecular complexity index is 514. The highest BCUT2D eigenvalue weighted by Crippen LogP contribution is 2.17. The number of aromatic nitrogens is 2. The van der Waals surface area contributed by atoms with Gasteiger partial charge in [0.25, 0.3) is 0 Å². The summed E-state index contributed by atoms with van der Waals surface area (Å²) in [5.41, 5.74) is 0.960. The van der Waals surface area contributed by atoms with Crippen LogP contribution in [0.1, 0.15) is 11.4 Å². The second-order valence-corrected chi connectivity index (χ2v) is 6.02. The molecule has 0 aliphatic heterocycles. The van der Waals surface area contributed by atoms with Gasteiger partial charge in [0.2, 0.25) is 10.0 Å². The number of aryl methyl sites for hydroxylation is 1. The zero-order chi connectivity index (χ0) is 15.2. The van der Waals surface area contributed by atoms with Gasteiger partial charge in [0.15, 0.2) is 0 Å². The third kappa shape index (κ3) is 4.25. The molecule has 0 spiro atoms. The molecular weight excluding hydrogens is 284 g/mol. The van der Waals surface area contributed by atoms with Gasteiger partial charge in [0.05, 0.1) is 24.1 Å². The van der Waals surface area contributed by atoms with Crippen molar-refractivity contribution in [2.45, 2.75) is 24.5 Å². The van der Waals surface area contributed by atoms with Gasteiger partial charge in [0.1, 0.15) is 4.90 Å². The lowest BCUT2D eigenvalue weighted by Crippen LogP contribution is -2.36. The lowest BCUT2D eigenvalue weighted by atomic mass is 10.4. The summed E-state index contributed by atoms with van der Waals surface area (Å²) in [6.45, 7) is 2.49. The molecule has 1 atom stereocenters. The van der Waals surface area contributed by atoms with Gasteiger partial charge in [-0.05, 0) is 14.0 Å². The third-order valence-electron chi connectivity index (χ3n) is 2.76. The van der Waals surface area contributed by atoms with Crippen LogP contribution in [0.5, 0.6) is 0 Å². The van der Waals surface area contributed by atoms with Gasteiger partial charge in [-0.3, -0.25) is 5.10 Å². The number of nitrogens with one attached hydrogen (secondary N) is 3. The molecule has 0 fully saturated rings. The Morgan fingerprint density at radius 2 is 2.10 bits per heavy atom. The molecule has 0 aromatic carbocycles. The van der Waals surface area contributed by atoms with Gasteiger partial charge in [0, 0.05) is 27.3 Å². The van der Waals surface area contributed by atoms with Gasteiger partial charge in [-0.1, -0.05) is 0 Å². The number of rotatable bonds is 9. The Kier molecular flexibility index (Phi) is 6.56. The summed E-state index contributed by atoms with van der Waals surface area (Å²) < 4.78 is 37.3. The second kappa shape index (κ2) is 7.70. The molecule has 0 bridgehead atoms. The number of sulfonamides is 1. The summed E-state index contributed by atoms with van der Waals surface area (Å²) in [5, 5.41) is 9.57. The predicted octanol–water partition coefficient (Wildman–Crippen LogP) is -0.623. The average Bonchev–Trinajstić information content (AvgIpc) is 2.77. The number of methoxy groups -OCH3 is 2. The molecule has 0 aliphatic rings. The fourth-order valence-electron chi connectivity index (χ4n) is 1.78. The van der Waals surface area contributed by atoms with Crippen LogP contribution >= 0.6 is 0 Å². The molecule has 1 aromatic rings. The first kappa shape index (κ1) is 17.1. The molecule has 116 valence electrons. The summed E-state index contributed by atoms with van der Waals surface area (Å²) in [6.07, 6.45) is -0.338. The first-order valence-electron chi connectivity index (χ1n) is 6.16. The first-order chi connectivity index (χ1) is 9.46. The average molecular weight is 306 g/mol. The van der Waals surface area contributed by atoms with E-state index in [9.17, 15) is 8.42 Å². The van der Waals surface area contributed by atoms with Crippen molar-refractivity contribution >= 4 is 10.0 Å². The van der Waals surface area contributed by atoms with Crippen molar-refractivity contribution in [1.29, 1.82) is 0 Å². The van der Waals surface area contributed by atoms with Crippen LogP contribution in [0.25, 0.3) is 0 Å². The molecule has 9 heteroatoms. The molecule has 1 rings (SSSR count). The molecular formula is C11H22N4O4S. The largest absolute Gasteiger partial charge is 0.382 e. The van der Waals surface area contributed by atoms with E-state index in [4.69, 9.17) is 9.47 Å². The molecule has 0 amide bonds. The van der Waals surface area contributed by atoms with Crippen LogP contribution in [0.4, 0.5) is 0 Å². The Morgan fingerprint density at radius 1 is 1.40 bits per heavy atom. The second-order valence-electron chi connectivity index (χ2n) is 4.32. The molecule has 20 heavy (non-hydrogen) atoms. The van der Waals surface area contributed by atoms with Crippen molar-refractivity contribution in [2.75, 3.05) is 34.4 Å². The van der Waals surface area contributed by atoms with Crippen LogP contribution in [0.3, 0.4) is 0 Å². The Hall–Kier alpha value is -1.00. The third-order valence-corrected chi connectivity index (χ3v) is 4.39.